The van der Waals surface area contributed by atoms with Gasteiger partial charge in [0.05, 0.1) is 6.10 Å². The zero-order valence-electron chi connectivity index (χ0n) is 13.9. The Labute approximate surface area is 149 Å². The number of aliphatic hydroxyl groups is 2. The highest BCUT2D eigenvalue weighted by Gasteiger charge is 2.22. The number of nitrogen functional groups attached to an aromatic ring is 1. The van der Waals surface area contributed by atoms with Crippen molar-refractivity contribution in [1.29, 1.82) is 0 Å². The number of hydrogen-bond acceptors (Lipinski definition) is 5. The second kappa shape index (κ2) is 9.12. The van der Waals surface area contributed by atoms with Crippen molar-refractivity contribution in [3.8, 4) is 0 Å². The van der Waals surface area contributed by atoms with E-state index in [4.69, 9.17) is 10.5 Å². The monoisotopic (exact) mass is 366 g/mol. The lowest BCUT2D eigenvalue weighted by molar-refractivity contribution is 0.0138. The molecule has 2 aromatic carbocycles. The summed E-state index contributed by atoms with van der Waals surface area (Å²) in [5.74, 6) is -2.32. The van der Waals surface area contributed by atoms with Crippen LogP contribution in [0, 0.1) is 11.6 Å². The molecule has 0 radical (unpaired) electrons. The number of amides is 1. The van der Waals surface area contributed by atoms with E-state index in [9.17, 15) is 23.8 Å². The van der Waals surface area contributed by atoms with E-state index in [-0.39, 0.29) is 30.8 Å². The van der Waals surface area contributed by atoms with Crippen LogP contribution >= 0.6 is 0 Å². The average Bonchev–Trinajstić information content (AvgIpc) is 2.63. The smallest absolute Gasteiger partial charge is 0.407 e. The summed E-state index contributed by atoms with van der Waals surface area (Å²) in [4.78, 5) is 11.6. The summed E-state index contributed by atoms with van der Waals surface area (Å²) in [7, 11) is 0. The van der Waals surface area contributed by atoms with Crippen molar-refractivity contribution in [2.45, 2.75) is 25.2 Å². The van der Waals surface area contributed by atoms with Gasteiger partial charge in [-0.15, -0.1) is 0 Å². The fraction of sp³-hybridized carbons (Fsp3) is 0.278. The quantitative estimate of drug-likeness (QED) is 0.563. The molecule has 2 unspecified atom stereocenters. The molecule has 6 nitrogen and oxygen atoms in total. The summed E-state index contributed by atoms with van der Waals surface area (Å²) in [6, 6.07) is 10.6. The standard InChI is InChI=1S/C18H20F2N2O4/c19-13-8-12(15(21)9-14(13)20)17(24)16(23)6-7-22-18(25)26-10-11-4-2-1-3-5-11/h1-5,8-9,16-17,23-24H,6-7,10,21H2,(H,22,25). The zero-order valence-corrected chi connectivity index (χ0v) is 13.9. The number of halogens is 2. The molecular weight excluding hydrogens is 346 g/mol. The number of rotatable bonds is 7. The highest BCUT2D eigenvalue weighted by molar-refractivity contribution is 5.67. The molecule has 2 atom stereocenters. The zero-order chi connectivity index (χ0) is 19.1. The number of hydrogen-bond donors (Lipinski definition) is 4. The molecule has 0 heterocycles. The minimum Gasteiger partial charge on any atom is -0.445 e. The van der Waals surface area contributed by atoms with Crippen LogP contribution in [0.1, 0.15) is 23.7 Å². The SMILES string of the molecule is Nc1cc(F)c(F)cc1C(O)C(O)CCNC(=O)OCc1ccccc1. The Balaban J connectivity index is 1.78. The van der Waals surface area contributed by atoms with Crippen LogP contribution in [0.2, 0.25) is 0 Å². The third kappa shape index (κ3) is 5.40. The van der Waals surface area contributed by atoms with Gasteiger partial charge < -0.3 is 26.0 Å². The molecule has 0 aliphatic heterocycles. The van der Waals surface area contributed by atoms with Crippen LogP contribution in [0.5, 0.6) is 0 Å². The number of nitrogens with one attached hydrogen (secondary N) is 1. The van der Waals surface area contributed by atoms with Crippen LogP contribution in [0.3, 0.4) is 0 Å². The van der Waals surface area contributed by atoms with Gasteiger partial charge in [0.25, 0.3) is 0 Å². The van der Waals surface area contributed by atoms with Crippen molar-refractivity contribution in [1.82, 2.24) is 5.32 Å². The number of carbonyl (C=O) groups is 1. The van der Waals surface area contributed by atoms with E-state index in [1.165, 1.54) is 0 Å². The molecule has 5 N–H and O–H groups in total. The molecule has 140 valence electrons. The fourth-order valence-electron chi connectivity index (χ4n) is 2.30. The van der Waals surface area contributed by atoms with E-state index >= 15 is 0 Å². The van der Waals surface area contributed by atoms with Gasteiger partial charge in [0.1, 0.15) is 12.7 Å². The summed E-state index contributed by atoms with van der Waals surface area (Å²) in [5.41, 5.74) is 6.06. The number of benzene rings is 2. The summed E-state index contributed by atoms with van der Waals surface area (Å²) in [6.07, 6.45) is -3.58. The molecule has 8 heteroatoms. The van der Waals surface area contributed by atoms with Crippen LogP contribution in [0.4, 0.5) is 19.3 Å². The first-order valence-corrected chi connectivity index (χ1v) is 7.93. The van der Waals surface area contributed by atoms with Gasteiger partial charge in [0.2, 0.25) is 0 Å². The van der Waals surface area contributed by atoms with E-state index in [0.29, 0.717) is 0 Å². The molecule has 2 aromatic rings. The van der Waals surface area contributed by atoms with Gasteiger partial charge in [0, 0.05) is 23.9 Å². The molecule has 2 rings (SSSR count). The number of nitrogens with two attached hydrogens (primary N) is 1. The molecule has 0 spiro atoms. The van der Waals surface area contributed by atoms with Crippen LogP contribution < -0.4 is 11.1 Å². The molecule has 26 heavy (non-hydrogen) atoms. The van der Waals surface area contributed by atoms with Crippen molar-refractivity contribution < 1.29 is 28.5 Å². The highest BCUT2D eigenvalue weighted by atomic mass is 19.2. The minimum absolute atomic E-state index is 0.00936. The van der Waals surface area contributed by atoms with Crippen molar-refractivity contribution in [2.75, 3.05) is 12.3 Å². The van der Waals surface area contributed by atoms with E-state index < -0.39 is 29.9 Å². The summed E-state index contributed by atoms with van der Waals surface area (Å²) >= 11 is 0. The average molecular weight is 366 g/mol. The first-order valence-electron chi connectivity index (χ1n) is 7.93. The Hall–Kier alpha value is -2.71. The molecule has 0 saturated carbocycles. The van der Waals surface area contributed by atoms with E-state index in [0.717, 1.165) is 17.7 Å². The summed E-state index contributed by atoms with van der Waals surface area (Å²) < 4.78 is 31.3. The molecule has 0 fully saturated rings. The topological polar surface area (TPSA) is 105 Å². The lowest BCUT2D eigenvalue weighted by Crippen LogP contribution is -2.30. The first-order chi connectivity index (χ1) is 12.4. The Morgan fingerprint density at radius 1 is 1.15 bits per heavy atom. The third-order valence-corrected chi connectivity index (χ3v) is 3.73. The predicted molar refractivity (Wildman–Crippen MR) is 91.0 cm³/mol. The fourth-order valence-corrected chi connectivity index (χ4v) is 2.30. The van der Waals surface area contributed by atoms with Crippen LogP contribution in [0.15, 0.2) is 42.5 Å². The van der Waals surface area contributed by atoms with Crippen LogP contribution in [-0.2, 0) is 11.3 Å². The lowest BCUT2D eigenvalue weighted by atomic mass is 10.00. The third-order valence-electron chi connectivity index (χ3n) is 3.73. The van der Waals surface area contributed by atoms with Crippen LogP contribution in [-0.4, -0.2) is 29.0 Å². The van der Waals surface area contributed by atoms with E-state index in [1.54, 1.807) is 12.1 Å². The van der Waals surface area contributed by atoms with Crippen molar-refractivity contribution in [2.24, 2.45) is 0 Å². The van der Waals surface area contributed by atoms with Gasteiger partial charge >= 0.3 is 6.09 Å². The number of aliphatic hydroxyl groups excluding tert-OH is 2. The summed E-state index contributed by atoms with van der Waals surface area (Å²) in [6.45, 7) is 0.110. The van der Waals surface area contributed by atoms with Crippen LogP contribution in [0.25, 0.3) is 0 Å². The number of alkyl carbamates (subject to hydrolysis) is 1. The number of anilines is 1. The Morgan fingerprint density at radius 2 is 1.81 bits per heavy atom. The molecular formula is C18H20F2N2O4. The molecule has 0 aliphatic carbocycles. The highest BCUT2D eigenvalue weighted by Crippen LogP contribution is 2.26. The van der Waals surface area contributed by atoms with Gasteiger partial charge in [-0.1, -0.05) is 30.3 Å². The van der Waals surface area contributed by atoms with Crippen molar-refractivity contribution in [3.05, 3.63) is 65.2 Å². The maximum atomic E-state index is 13.3. The van der Waals surface area contributed by atoms with E-state index in [1.807, 2.05) is 18.2 Å². The summed E-state index contributed by atoms with van der Waals surface area (Å²) in [5, 5.41) is 22.4. The second-order valence-corrected chi connectivity index (χ2v) is 5.68. The Bertz CT molecular complexity index is 743. The maximum Gasteiger partial charge on any atom is 0.407 e. The van der Waals surface area contributed by atoms with Gasteiger partial charge in [-0.25, -0.2) is 13.6 Å². The van der Waals surface area contributed by atoms with Gasteiger partial charge in [-0.05, 0) is 18.1 Å². The molecule has 1 amide bonds. The molecule has 0 aromatic heterocycles. The van der Waals surface area contributed by atoms with Gasteiger partial charge in [-0.3, -0.25) is 0 Å². The second-order valence-electron chi connectivity index (χ2n) is 5.68. The molecule has 0 aliphatic rings. The van der Waals surface area contributed by atoms with Crippen molar-refractivity contribution in [3.63, 3.8) is 0 Å². The van der Waals surface area contributed by atoms with Crippen molar-refractivity contribution >= 4 is 11.8 Å². The minimum atomic E-state index is -1.52. The Kier molecular flexibility index (Phi) is 6.88. The number of carbonyl (C=O) groups excluding carboxylic acids is 1. The predicted octanol–water partition coefficient (Wildman–Crippen LogP) is 2.26. The lowest BCUT2D eigenvalue weighted by Gasteiger charge is -2.20. The maximum absolute atomic E-state index is 13.3. The number of ether oxygens (including phenoxy) is 1. The van der Waals surface area contributed by atoms with Gasteiger partial charge in [-0.2, -0.15) is 0 Å². The Morgan fingerprint density at radius 3 is 2.50 bits per heavy atom. The molecule has 0 saturated heterocycles. The van der Waals surface area contributed by atoms with Gasteiger partial charge in [0.15, 0.2) is 11.6 Å². The van der Waals surface area contributed by atoms with E-state index in [2.05, 4.69) is 5.32 Å². The molecule has 0 bridgehead atoms. The normalized spacial score (nSPS) is 13.1. The first kappa shape index (κ1) is 19.6. The largest absolute Gasteiger partial charge is 0.445 e.